The number of hydrogen-bond acceptors (Lipinski definition) is 3. The summed E-state index contributed by atoms with van der Waals surface area (Å²) in [6.07, 6.45) is 0.790. The lowest BCUT2D eigenvalue weighted by Crippen LogP contribution is -2.29. The van der Waals surface area contributed by atoms with Gasteiger partial charge in [0.05, 0.1) is 4.34 Å². The van der Waals surface area contributed by atoms with Crippen molar-refractivity contribution in [2.24, 2.45) is 5.92 Å². The molecule has 8 heteroatoms. The summed E-state index contributed by atoms with van der Waals surface area (Å²) in [5.41, 5.74) is 0. The van der Waals surface area contributed by atoms with E-state index in [1.807, 2.05) is 0 Å². The van der Waals surface area contributed by atoms with Crippen molar-refractivity contribution in [2.45, 2.75) is 11.3 Å². The van der Waals surface area contributed by atoms with E-state index >= 15 is 0 Å². The fraction of sp³-hybridized carbons (Fsp3) is 0.556. The average molecular weight is 335 g/mol. The van der Waals surface area contributed by atoms with Gasteiger partial charge in [-0.1, -0.05) is 23.2 Å². The van der Waals surface area contributed by atoms with Gasteiger partial charge in [-0.3, -0.25) is 0 Å². The molecule has 1 fully saturated rings. The lowest BCUT2D eigenvalue weighted by Gasteiger charge is -2.15. The van der Waals surface area contributed by atoms with Crippen LogP contribution < -0.4 is 0 Å². The highest BCUT2D eigenvalue weighted by Gasteiger charge is 2.34. The van der Waals surface area contributed by atoms with Crippen LogP contribution in [0.2, 0.25) is 8.67 Å². The standard InChI is InChI=1S/C9H10Cl3NO2S2/c10-4-6-1-2-13(5-6)17(14,15)7-3-8(11)16-9(7)12/h3,6H,1-2,4-5H2. The molecular formula is C9H10Cl3NO2S2. The van der Waals surface area contributed by atoms with Gasteiger partial charge in [0.2, 0.25) is 10.0 Å². The molecule has 0 bridgehead atoms. The molecule has 17 heavy (non-hydrogen) atoms. The van der Waals surface area contributed by atoms with Crippen LogP contribution in [-0.2, 0) is 10.0 Å². The van der Waals surface area contributed by atoms with E-state index in [1.54, 1.807) is 0 Å². The predicted molar refractivity (Wildman–Crippen MR) is 71.9 cm³/mol. The zero-order valence-electron chi connectivity index (χ0n) is 8.70. The molecule has 1 atom stereocenters. The van der Waals surface area contributed by atoms with Crippen LogP contribution in [0, 0.1) is 5.92 Å². The molecule has 0 saturated carbocycles. The minimum atomic E-state index is -3.52. The molecule has 0 aliphatic carbocycles. The number of alkyl halides is 1. The molecule has 1 aromatic rings. The zero-order chi connectivity index (χ0) is 12.6. The van der Waals surface area contributed by atoms with Crippen LogP contribution in [0.25, 0.3) is 0 Å². The molecule has 0 radical (unpaired) electrons. The van der Waals surface area contributed by atoms with Crippen LogP contribution in [0.3, 0.4) is 0 Å². The third-order valence-electron chi connectivity index (χ3n) is 2.71. The maximum atomic E-state index is 12.3. The van der Waals surface area contributed by atoms with Crippen LogP contribution in [0.15, 0.2) is 11.0 Å². The Bertz CT molecular complexity index is 514. The van der Waals surface area contributed by atoms with E-state index in [9.17, 15) is 8.42 Å². The van der Waals surface area contributed by atoms with Gasteiger partial charge in [0.1, 0.15) is 9.23 Å². The topological polar surface area (TPSA) is 37.4 Å². The molecule has 0 aromatic carbocycles. The van der Waals surface area contributed by atoms with Crippen molar-refractivity contribution < 1.29 is 8.42 Å². The first kappa shape index (κ1) is 13.9. The first-order valence-corrected chi connectivity index (χ1v) is 8.51. The van der Waals surface area contributed by atoms with E-state index < -0.39 is 10.0 Å². The van der Waals surface area contributed by atoms with Crippen molar-refractivity contribution in [3.8, 4) is 0 Å². The highest BCUT2D eigenvalue weighted by Crippen LogP contribution is 2.37. The van der Waals surface area contributed by atoms with Crippen LogP contribution in [0.5, 0.6) is 0 Å². The SMILES string of the molecule is O=S(=O)(c1cc(Cl)sc1Cl)N1CCC(CCl)C1. The van der Waals surface area contributed by atoms with Gasteiger partial charge in [-0.25, -0.2) is 8.42 Å². The van der Waals surface area contributed by atoms with Crippen LogP contribution in [0.4, 0.5) is 0 Å². The summed E-state index contributed by atoms with van der Waals surface area (Å²) in [7, 11) is -3.52. The molecule has 1 saturated heterocycles. The molecule has 1 aromatic heterocycles. The maximum absolute atomic E-state index is 12.3. The van der Waals surface area contributed by atoms with Crippen molar-refractivity contribution in [1.29, 1.82) is 0 Å². The monoisotopic (exact) mass is 333 g/mol. The highest BCUT2D eigenvalue weighted by atomic mass is 35.5. The fourth-order valence-electron chi connectivity index (χ4n) is 1.78. The van der Waals surface area contributed by atoms with Gasteiger partial charge in [0.25, 0.3) is 0 Å². The molecule has 1 aliphatic heterocycles. The summed E-state index contributed by atoms with van der Waals surface area (Å²) < 4.78 is 26.6. The summed E-state index contributed by atoms with van der Waals surface area (Å²) in [5, 5.41) is 0. The lowest BCUT2D eigenvalue weighted by molar-refractivity contribution is 0.465. The average Bonchev–Trinajstić information content (AvgIpc) is 2.85. The quantitative estimate of drug-likeness (QED) is 0.795. The number of halogens is 3. The van der Waals surface area contributed by atoms with Crippen molar-refractivity contribution in [3.05, 3.63) is 14.7 Å². The Balaban J connectivity index is 2.28. The van der Waals surface area contributed by atoms with Gasteiger partial charge in [-0.05, 0) is 18.4 Å². The van der Waals surface area contributed by atoms with Gasteiger partial charge in [-0.15, -0.1) is 22.9 Å². The summed E-state index contributed by atoms with van der Waals surface area (Å²) in [4.78, 5) is 0.101. The second kappa shape index (κ2) is 5.23. The van der Waals surface area contributed by atoms with Gasteiger partial charge >= 0.3 is 0 Å². The van der Waals surface area contributed by atoms with Gasteiger partial charge in [0, 0.05) is 19.0 Å². The smallest absolute Gasteiger partial charge is 0.207 e. The Hall–Kier alpha value is 0.480. The van der Waals surface area contributed by atoms with Crippen LogP contribution in [0.1, 0.15) is 6.42 Å². The second-order valence-electron chi connectivity index (χ2n) is 3.86. The Morgan fingerprint density at radius 2 is 2.18 bits per heavy atom. The van der Waals surface area contributed by atoms with Crippen molar-refractivity contribution in [1.82, 2.24) is 4.31 Å². The van der Waals surface area contributed by atoms with E-state index in [4.69, 9.17) is 34.8 Å². The highest BCUT2D eigenvalue weighted by molar-refractivity contribution is 7.89. The summed E-state index contributed by atoms with van der Waals surface area (Å²) in [5.74, 6) is 0.698. The number of thiophene rings is 1. The molecule has 1 unspecified atom stereocenters. The van der Waals surface area contributed by atoms with Gasteiger partial charge in [-0.2, -0.15) is 4.31 Å². The maximum Gasteiger partial charge on any atom is 0.245 e. The normalized spacial score (nSPS) is 22.2. The lowest BCUT2D eigenvalue weighted by atomic mass is 10.2. The fourth-order valence-corrected chi connectivity index (χ4v) is 5.68. The van der Waals surface area contributed by atoms with E-state index in [-0.39, 0.29) is 15.1 Å². The first-order valence-electron chi connectivity index (χ1n) is 4.96. The van der Waals surface area contributed by atoms with Crippen molar-refractivity contribution >= 4 is 56.2 Å². The van der Waals surface area contributed by atoms with E-state index in [0.29, 0.717) is 23.3 Å². The van der Waals surface area contributed by atoms with Crippen LogP contribution >= 0.6 is 46.1 Å². The number of nitrogens with zero attached hydrogens (tertiary/aromatic N) is 1. The molecule has 2 rings (SSSR count). The molecule has 0 spiro atoms. The molecule has 0 amide bonds. The Labute approximate surface area is 119 Å². The summed E-state index contributed by atoms with van der Waals surface area (Å²) in [6, 6.07) is 1.40. The first-order chi connectivity index (χ1) is 7.95. The molecule has 0 N–H and O–H groups in total. The molecule has 3 nitrogen and oxygen atoms in total. The van der Waals surface area contributed by atoms with Gasteiger partial charge in [0.15, 0.2) is 0 Å². The minimum Gasteiger partial charge on any atom is -0.207 e. The Kier molecular flexibility index (Phi) is 4.28. The van der Waals surface area contributed by atoms with Gasteiger partial charge < -0.3 is 0 Å². The third-order valence-corrected chi connectivity index (χ3v) is 6.76. The van der Waals surface area contributed by atoms with E-state index in [0.717, 1.165) is 17.8 Å². The number of rotatable bonds is 3. The Morgan fingerprint density at radius 1 is 1.47 bits per heavy atom. The zero-order valence-corrected chi connectivity index (χ0v) is 12.6. The van der Waals surface area contributed by atoms with Crippen LogP contribution in [-0.4, -0.2) is 31.7 Å². The number of sulfonamides is 1. The molecule has 96 valence electrons. The third kappa shape index (κ3) is 2.74. The predicted octanol–water partition coefficient (Wildman–Crippen LogP) is 3.30. The summed E-state index contributed by atoms with van der Waals surface area (Å²) >= 11 is 18.4. The second-order valence-corrected chi connectivity index (χ2v) is 8.36. The van der Waals surface area contributed by atoms with Crippen molar-refractivity contribution in [2.75, 3.05) is 19.0 Å². The Morgan fingerprint density at radius 3 is 2.65 bits per heavy atom. The summed E-state index contributed by atoms with van der Waals surface area (Å²) in [6.45, 7) is 0.944. The molecule has 1 aliphatic rings. The van der Waals surface area contributed by atoms with Crippen molar-refractivity contribution in [3.63, 3.8) is 0 Å². The number of hydrogen-bond donors (Lipinski definition) is 0. The molecule has 2 heterocycles. The molecular weight excluding hydrogens is 325 g/mol. The largest absolute Gasteiger partial charge is 0.245 e. The minimum absolute atomic E-state index is 0.101. The van der Waals surface area contributed by atoms with E-state index in [2.05, 4.69) is 0 Å². The van der Waals surface area contributed by atoms with E-state index in [1.165, 1.54) is 10.4 Å².